The third kappa shape index (κ3) is 7.58. The predicted molar refractivity (Wildman–Crippen MR) is 54.1 cm³/mol. The van der Waals surface area contributed by atoms with Gasteiger partial charge in [-0.15, -0.1) is 0 Å². The van der Waals surface area contributed by atoms with Crippen LogP contribution in [0.1, 0.15) is 33.6 Å². The second kappa shape index (κ2) is 5.62. The number of carbonyl (C=O) groups excluding carboxylic acids is 2. The monoisotopic (exact) mass is 201 g/mol. The van der Waals surface area contributed by atoms with Crippen molar-refractivity contribution in [2.75, 3.05) is 6.54 Å². The van der Waals surface area contributed by atoms with Crippen LogP contribution in [-0.4, -0.2) is 25.0 Å². The van der Waals surface area contributed by atoms with Gasteiger partial charge in [0.2, 0.25) is 0 Å². The van der Waals surface area contributed by atoms with E-state index >= 15 is 0 Å². The third-order valence-corrected chi connectivity index (χ3v) is 1.63. The number of amides is 1. The normalized spacial score (nSPS) is 15.1. The summed E-state index contributed by atoms with van der Waals surface area (Å²) in [7, 11) is 0. The first-order valence-electron chi connectivity index (χ1n) is 4.73. The van der Waals surface area contributed by atoms with Crippen LogP contribution in [0.2, 0.25) is 0 Å². The molecule has 0 spiro atoms. The van der Waals surface area contributed by atoms with Crippen LogP contribution in [0.25, 0.3) is 0 Å². The fourth-order valence-corrected chi connectivity index (χ4v) is 0.864. The summed E-state index contributed by atoms with van der Waals surface area (Å²) in [6.45, 7) is 8.37. The van der Waals surface area contributed by atoms with Gasteiger partial charge in [-0.05, 0) is 39.5 Å². The Bertz CT molecular complexity index is 182. The van der Waals surface area contributed by atoms with E-state index in [4.69, 9.17) is 9.53 Å². The standard InChI is InChI=1S/C9H17NO2.CH2O/c1-9(2,3)12-8(11)10-6-7-4-5-7;1-2/h7H,4-6H2,1-3H3,(H,10,11);1H2. The molecule has 1 rings (SSSR count). The number of carbonyl (C=O) groups is 2. The largest absolute Gasteiger partial charge is 0.444 e. The molecule has 1 aliphatic rings. The minimum Gasteiger partial charge on any atom is -0.444 e. The molecular weight excluding hydrogens is 182 g/mol. The second-order valence-electron chi connectivity index (χ2n) is 4.33. The van der Waals surface area contributed by atoms with Gasteiger partial charge in [-0.25, -0.2) is 4.79 Å². The zero-order valence-electron chi connectivity index (χ0n) is 9.13. The van der Waals surface area contributed by atoms with Crippen LogP contribution in [0, 0.1) is 5.92 Å². The number of hydrogen-bond acceptors (Lipinski definition) is 3. The van der Waals surface area contributed by atoms with E-state index < -0.39 is 0 Å². The van der Waals surface area contributed by atoms with Gasteiger partial charge in [-0.2, -0.15) is 0 Å². The Hall–Kier alpha value is -1.06. The van der Waals surface area contributed by atoms with E-state index in [2.05, 4.69) is 5.32 Å². The van der Waals surface area contributed by atoms with Crippen molar-refractivity contribution in [3.8, 4) is 0 Å². The number of nitrogens with one attached hydrogen (secondary N) is 1. The van der Waals surface area contributed by atoms with E-state index in [9.17, 15) is 4.79 Å². The van der Waals surface area contributed by atoms with Crippen LogP contribution in [0.3, 0.4) is 0 Å². The Morgan fingerprint density at radius 1 is 1.43 bits per heavy atom. The Balaban J connectivity index is 0.000000791. The zero-order chi connectivity index (χ0) is 11.2. The Morgan fingerprint density at radius 2 is 1.93 bits per heavy atom. The molecule has 14 heavy (non-hydrogen) atoms. The van der Waals surface area contributed by atoms with Crippen molar-refractivity contribution in [3.05, 3.63) is 0 Å². The van der Waals surface area contributed by atoms with E-state index in [-0.39, 0.29) is 11.7 Å². The second-order valence-corrected chi connectivity index (χ2v) is 4.33. The highest BCUT2D eigenvalue weighted by Crippen LogP contribution is 2.27. The lowest BCUT2D eigenvalue weighted by molar-refractivity contribution is -0.0980. The lowest BCUT2D eigenvalue weighted by Crippen LogP contribution is -2.33. The lowest BCUT2D eigenvalue weighted by atomic mass is 10.2. The van der Waals surface area contributed by atoms with Crippen molar-refractivity contribution in [2.45, 2.75) is 39.2 Å². The Morgan fingerprint density at radius 3 is 2.29 bits per heavy atom. The van der Waals surface area contributed by atoms with Crippen LogP contribution < -0.4 is 5.32 Å². The highest BCUT2D eigenvalue weighted by molar-refractivity contribution is 5.67. The van der Waals surface area contributed by atoms with Gasteiger partial charge in [0.05, 0.1) is 0 Å². The third-order valence-electron chi connectivity index (χ3n) is 1.63. The number of hydrogen-bond donors (Lipinski definition) is 1. The van der Waals surface area contributed by atoms with Gasteiger partial charge < -0.3 is 14.8 Å². The summed E-state index contributed by atoms with van der Waals surface area (Å²) in [5.74, 6) is 0.706. The van der Waals surface area contributed by atoms with Gasteiger partial charge >= 0.3 is 6.09 Å². The first-order valence-corrected chi connectivity index (χ1v) is 4.73. The summed E-state index contributed by atoms with van der Waals surface area (Å²) in [5.41, 5.74) is -0.381. The topological polar surface area (TPSA) is 55.4 Å². The molecule has 1 saturated carbocycles. The zero-order valence-corrected chi connectivity index (χ0v) is 9.13. The van der Waals surface area contributed by atoms with E-state index in [1.807, 2.05) is 27.6 Å². The number of alkyl carbamates (subject to hydrolysis) is 1. The van der Waals surface area contributed by atoms with Crippen molar-refractivity contribution in [3.63, 3.8) is 0 Å². The molecule has 0 bridgehead atoms. The maximum Gasteiger partial charge on any atom is 0.407 e. The summed E-state index contributed by atoms with van der Waals surface area (Å²) in [6.07, 6.45) is 2.19. The highest BCUT2D eigenvalue weighted by atomic mass is 16.6. The van der Waals surface area contributed by atoms with Gasteiger partial charge in [0.25, 0.3) is 0 Å². The van der Waals surface area contributed by atoms with Gasteiger partial charge in [-0.1, -0.05) is 0 Å². The fraction of sp³-hybridized carbons (Fsp3) is 0.800. The van der Waals surface area contributed by atoms with E-state index in [1.165, 1.54) is 12.8 Å². The van der Waals surface area contributed by atoms with Crippen LogP contribution >= 0.6 is 0 Å². The first-order chi connectivity index (χ1) is 6.47. The fourth-order valence-electron chi connectivity index (χ4n) is 0.864. The lowest BCUT2D eigenvalue weighted by Gasteiger charge is -2.19. The molecule has 0 heterocycles. The quantitative estimate of drug-likeness (QED) is 0.740. The summed E-state index contributed by atoms with van der Waals surface area (Å²) < 4.78 is 5.07. The molecule has 1 aliphatic carbocycles. The summed E-state index contributed by atoms with van der Waals surface area (Å²) in [4.78, 5) is 19.1. The molecule has 0 aromatic heterocycles. The van der Waals surface area contributed by atoms with Crippen LogP contribution in [0.15, 0.2) is 0 Å². The van der Waals surface area contributed by atoms with Crippen LogP contribution in [0.5, 0.6) is 0 Å². The highest BCUT2D eigenvalue weighted by Gasteiger charge is 2.23. The minimum atomic E-state index is -0.381. The Labute approximate surface area is 85.0 Å². The van der Waals surface area contributed by atoms with Crippen molar-refractivity contribution >= 4 is 12.9 Å². The molecule has 0 aromatic carbocycles. The molecule has 1 fully saturated rings. The molecule has 82 valence electrons. The van der Waals surface area contributed by atoms with Crippen molar-refractivity contribution in [1.82, 2.24) is 5.32 Å². The maximum absolute atomic E-state index is 11.1. The van der Waals surface area contributed by atoms with Crippen molar-refractivity contribution in [2.24, 2.45) is 5.92 Å². The first kappa shape index (κ1) is 12.9. The van der Waals surface area contributed by atoms with Crippen LogP contribution in [-0.2, 0) is 9.53 Å². The van der Waals surface area contributed by atoms with Gasteiger partial charge in [0, 0.05) is 6.54 Å². The molecule has 1 amide bonds. The van der Waals surface area contributed by atoms with E-state index in [0.717, 1.165) is 6.54 Å². The van der Waals surface area contributed by atoms with Gasteiger partial charge in [0.1, 0.15) is 12.4 Å². The average Bonchev–Trinajstić information content (AvgIpc) is 2.84. The molecule has 0 radical (unpaired) electrons. The minimum absolute atomic E-state index is 0.297. The molecular formula is C10H19NO3. The van der Waals surface area contributed by atoms with Crippen LogP contribution in [0.4, 0.5) is 4.79 Å². The number of ether oxygens (including phenoxy) is 1. The molecule has 1 N–H and O–H groups in total. The molecule has 0 aliphatic heterocycles. The molecule has 0 atom stereocenters. The van der Waals surface area contributed by atoms with E-state index in [0.29, 0.717) is 5.92 Å². The molecule has 4 heteroatoms. The molecule has 0 unspecified atom stereocenters. The smallest absolute Gasteiger partial charge is 0.407 e. The molecule has 0 saturated heterocycles. The molecule has 4 nitrogen and oxygen atoms in total. The van der Waals surface area contributed by atoms with E-state index in [1.54, 1.807) is 0 Å². The molecule has 0 aromatic rings. The van der Waals surface area contributed by atoms with Crippen molar-refractivity contribution in [1.29, 1.82) is 0 Å². The average molecular weight is 201 g/mol. The summed E-state index contributed by atoms with van der Waals surface area (Å²) >= 11 is 0. The van der Waals surface area contributed by atoms with Gasteiger partial charge in [0.15, 0.2) is 0 Å². The number of rotatable bonds is 2. The SMILES string of the molecule is C=O.CC(C)(C)OC(=O)NCC1CC1. The maximum atomic E-state index is 11.1. The predicted octanol–water partition coefficient (Wildman–Crippen LogP) is 1.74. The Kier molecular flexibility index (Phi) is 5.20. The van der Waals surface area contributed by atoms with Gasteiger partial charge in [-0.3, -0.25) is 0 Å². The van der Waals surface area contributed by atoms with Crippen molar-refractivity contribution < 1.29 is 14.3 Å². The summed E-state index contributed by atoms with van der Waals surface area (Å²) in [5, 5.41) is 2.74. The summed E-state index contributed by atoms with van der Waals surface area (Å²) in [6, 6.07) is 0.